The van der Waals surface area contributed by atoms with E-state index in [0.29, 0.717) is 5.69 Å². The van der Waals surface area contributed by atoms with Gasteiger partial charge in [-0.3, -0.25) is 9.71 Å². The minimum Gasteiger partial charge on any atom is -0.279 e. The molecule has 2 aromatic heterocycles. The van der Waals surface area contributed by atoms with Crippen molar-refractivity contribution in [3.05, 3.63) is 39.9 Å². The molecule has 0 spiro atoms. The van der Waals surface area contributed by atoms with Crippen molar-refractivity contribution < 1.29 is 8.42 Å². The maximum atomic E-state index is 12.0. The van der Waals surface area contributed by atoms with Crippen molar-refractivity contribution in [1.29, 1.82) is 0 Å². The maximum Gasteiger partial charge on any atom is 0.271 e. The molecule has 2 heterocycles. The van der Waals surface area contributed by atoms with Crippen LogP contribution in [0, 0.1) is 6.92 Å². The second-order valence-corrected chi connectivity index (χ2v) is 7.73. The molecule has 0 aromatic carbocycles. The van der Waals surface area contributed by atoms with E-state index < -0.39 is 10.0 Å². The fraction of sp³-hybridized carbons (Fsp3) is 0.100. The van der Waals surface area contributed by atoms with E-state index in [1.807, 2.05) is 0 Å². The van der Waals surface area contributed by atoms with E-state index in [9.17, 15) is 8.42 Å². The van der Waals surface area contributed by atoms with Crippen LogP contribution in [-0.4, -0.2) is 13.4 Å². The molecule has 0 bridgehead atoms. The molecule has 4 nitrogen and oxygen atoms in total. The van der Waals surface area contributed by atoms with E-state index >= 15 is 0 Å². The van der Waals surface area contributed by atoms with Crippen LogP contribution in [-0.2, 0) is 10.0 Å². The van der Waals surface area contributed by atoms with Crippen LogP contribution in [0.5, 0.6) is 0 Å². The van der Waals surface area contributed by atoms with Gasteiger partial charge in [0.15, 0.2) is 0 Å². The number of aromatic nitrogens is 1. The summed E-state index contributed by atoms with van der Waals surface area (Å²) in [6, 6.07) is 4.90. The molecule has 0 aliphatic heterocycles. The van der Waals surface area contributed by atoms with Gasteiger partial charge in [-0.25, -0.2) is 8.42 Å². The van der Waals surface area contributed by atoms with Gasteiger partial charge in [0.2, 0.25) is 0 Å². The van der Waals surface area contributed by atoms with Crippen LogP contribution < -0.4 is 4.72 Å². The lowest BCUT2D eigenvalue weighted by molar-refractivity contribution is 0.603. The predicted molar refractivity (Wildman–Crippen MR) is 71.8 cm³/mol. The van der Waals surface area contributed by atoms with E-state index in [1.165, 1.54) is 11.3 Å². The molecule has 0 saturated heterocycles. The summed E-state index contributed by atoms with van der Waals surface area (Å²) in [5.41, 5.74) is 1.33. The first-order valence-electron chi connectivity index (χ1n) is 4.68. The molecule has 0 aliphatic carbocycles. The van der Waals surface area contributed by atoms with Gasteiger partial charge in [-0.1, -0.05) is 0 Å². The molecule has 2 aromatic rings. The van der Waals surface area contributed by atoms with Crippen molar-refractivity contribution in [2.24, 2.45) is 0 Å². The summed E-state index contributed by atoms with van der Waals surface area (Å²) in [6.45, 7) is 1.80. The van der Waals surface area contributed by atoms with Crippen LogP contribution in [0.4, 0.5) is 5.69 Å². The molecule has 90 valence electrons. The Morgan fingerprint density at radius 2 is 2.12 bits per heavy atom. The Bertz CT molecular complexity index is 637. The van der Waals surface area contributed by atoms with Gasteiger partial charge in [0.25, 0.3) is 10.0 Å². The highest BCUT2D eigenvalue weighted by Crippen LogP contribution is 2.28. The van der Waals surface area contributed by atoms with Gasteiger partial charge >= 0.3 is 0 Å². The SMILES string of the molecule is Cc1cnccc1NS(=O)(=O)c1ccc(Br)s1. The van der Waals surface area contributed by atoms with Crippen LogP contribution in [0.3, 0.4) is 0 Å². The average Bonchev–Trinajstić information content (AvgIpc) is 2.69. The first-order valence-corrected chi connectivity index (χ1v) is 7.77. The fourth-order valence-electron chi connectivity index (χ4n) is 1.23. The number of nitrogens with one attached hydrogen (secondary N) is 1. The highest BCUT2D eigenvalue weighted by molar-refractivity contribution is 9.11. The number of nitrogens with zero attached hydrogens (tertiary/aromatic N) is 1. The fourth-order valence-corrected chi connectivity index (χ4v) is 4.37. The molecule has 2 rings (SSSR count). The van der Waals surface area contributed by atoms with Crippen molar-refractivity contribution in [2.75, 3.05) is 4.72 Å². The standard InChI is InChI=1S/C10H9BrN2O2S2/c1-7-6-12-5-4-8(7)13-17(14,15)10-3-2-9(11)16-10/h2-6H,1H3,(H,12,13). The van der Waals surface area contributed by atoms with Gasteiger partial charge in [0, 0.05) is 12.4 Å². The molecule has 0 radical (unpaired) electrons. The number of aryl methyl sites for hydroxylation is 1. The van der Waals surface area contributed by atoms with E-state index in [1.54, 1.807) is 37.5 Å². The zero-order chi connectivity index (χ0) is 12.5. The second kappa shape index (κ2) is 4.75. The average molecular weight is 333 g/mol. The lowest BCUT2D eigenvalue weighted by Crippen LogP contribution is -2.12. The Hall–Kier alpha value is -0.920. The van der Waals surface area contributed by atoms with Crippen molar-refractivity contribution in [3.8, 4) is 0 Å². The van der Waals surface area contributed by atoms with Gasteiger partial charge < -0.3 is 0 Å². The molecule has 0 atom stereocenters. The van der Waals surface area contributed by atoms with Gasteiger partial charge in [-0.15, -0.1) is 11.3 Å². The van der Waals surface area contributed by atoms with Crippen LogP contribution in [0.15, 0.2) is 38.6 Å². The zero-order valence-corrected chi connectivity index (χ0v) is 12.1. The smallest absolute Gasteiger partial charge is 0.271 e. The van der Waals surface area contributed by atoms with Gasteiger partial charge in [-0.05, 0) is 46.6 Å². The molecule has 7 heteroatoms. The summed E-state index contributed by atoms with van der Waals surface area (Å²) in [6.07, 6.45) is 3.16. The largest absolute Gasteiger partial charge is 0.279 e. The Morgan fingerprint density at radius 1 is 1.35 bits per heavy atom. The summed E-state index contributed by atoms with van der Waals surface area (Å²) in [4.78, 5) is 3.91. The lowest BCUT2D eigenvalue weighted by Gasteiger charge is -2.07. The Labute approximate surface area is 112 Å². The number of sulfonamides is 1. The third-order valence-corrected chi connectivity index (χ3v) is 5.56. The monoisotopic (exact) mass is 332 g/mol. The summed E-state index contributed by atoms with van der Waals surface area (Å²) >= 11 is 4.41. The summed E-state index contributed by atoms with van der Waals surface area (Å²) < 4.78 is 27.6. The van der Waals surface area contributed by atoms with Crippen LogP contribution in [0.1, 0.15) is 5.56 Å². The van der Waals surface area contributed by atoms with Gasteiger partial charge in [0.1, 0.15) is 4.21 Å². The van der Waals surface area contributed by atoms with Crippen LogP contribution in [0.2, 0.25) is 0 Å². The normalized spacial score (nSPS) is 11.4. The van der Waals surface area contributed by atoms with E-state index in [4.69, 9.17) is 0 Å². The number of hydrogen-bond donors (Lipinski definition) is 1. The molecule has 0 saturated carbocycles. The number of halogens is 1. The molecule has 17 heavy (non-hydrogen) atoms. The number of hydrogen-bond acceptors (Lipinski definition) is 4. The number of thiophene rings is 1. The Kier molecular flexibility index (Phi) is 3.50. The topological polar surface area (TPSA) is 59.1 Å². The van der Waals surface area contributed by atoms with E-state index in [2.05, 4.69) is 25.6 Å². The van der Waals surface area contributed by atoms with E-state index in [0.717, 1.165) is 9.35 Å². The van der Waals surface area contributed by atoms with Crippen molar-refractivity contribution in [3.63, 3.8) is 0 Å². The minimum atomic E-state index is -3.50. The Morgan fingerprint density at radius 3 is 2.71 bits per heavy atom. The third-order valence-electron chi connectivity index (χ3n) is 2.08. The molecule has 1 N–H and O–H groups in total. The summed E-state index contributed by atoms with van der Waals surface area (Å²) in [5, 5.41) is 0. The predicted octanol–water partition coefficient (Wildman–Crippen LogP) is 3.01. The van der Waals surface area contributed by atoms with E-state index in [-0.39, 0.29) is 4.21 Å². The lowest BCUT2D eigenvalue weighted by atomic mass is 10.3. The van der Waals surface area contributed by atoms with Crippen molar-refractivity contribution in [1.82, 2.24) is 4.98 Å². The molecule has 0 amide bonds. The zero-order valence-electron chi connectivity index (χ0n) is 8.84. The quantitative estimate of drug-likeness (QED) is 0.939. The minimum absolute atomic E-state index is 0.278. The van der Waals surface area contributed by atoms with Gasteiger partial charge in [-0.2, -0.15) is 0 Å². The highest BCUT2D eigenvalue weighted by Gasteiger charge is 2.17. The molecule has 0 unspecified atom stereocenters. The first kappa shape index (κ1) is 12.5. The van der Waals surface area contributed by atoms with Crippen molar-refractivity contribution in [2.45, 2.75) is 11.1 Å². The summed E-state index contributed by atoms with van der Waals surface area (Å²) in [7, 11) is -3.50. The van der Waals surface area contributed by atoms with Crippen molar-refractivity contribution >= 4 is 43.0 Å². The molecule has 0 fully saturated rings. The van der Waals surface area contributed by atoms with Crippen LogP contribution in [0.25, 0.3) is 0 Å². The van der Waals surface area contributed by atoms with Gasteiger partial charge in [0.05, 0.1) is 9.47 Å². The molecular weight excluding hydrogens is 324 g/mol. The Balaban J connectivity index is 2.33. The second-order valence-electron chi connectivity index (χ2n) is 3.35. The maximum absolute atomic E-state index is 12.0. The number of rotatable bonds is 3. The molecule has 0 aliphatic rings. The molecular formula is C10H9BrN2O2S2. The highest BCUT2D eigenvalue weighted by atomic mass is 79.9. The third kappa shape index (κ3) is 2.85. The number of pyridine rings is 1. The van der Waals surface area contributed by atoms with Crippen LogP contribution >= 0.6 is 27.3 Å². The summed E-state index contributed by atoms with van der Waals surface area (Å²) in [5.74, 6) is 0. The first-order chi connectivity index (χ1) is 7.99. The number of anilines is 1.